The maximum atomic E-state index is 10.9. The Balaban J connectivity index is 2.21. The summed E-state index contributed by atoms with van der Waals surface area (Å²) in [6.07, 6.45) is 0. The maximum Gasteiger partial charge on any atom is 0.273 e. The molecular weight excluding hydrogens is 317 g/mol. The topological polar surface area (TPSA) is 61.6 Å². The maximum absolute atomic E-state index is 10.9. The van der Waals surface area contributed by atoms with Crippen LogP contribution in [0.5, 0.6) is 11.5 Å². The third kappa shape index (κ3) is 4.00. The van der Waals surface area contributed by atoms with Crippen LogP contribution in [0.1, 0.15) is 5.56 Å². The van der Waals surface area contributed by atoms with Crippen molar-refractivity contribution in [1.82, 2.24) is 0 Å². The Morgan fingerprint density at radius 2 is 1.95 bits per heavy atom. The fraction of sp³-hybridized carbons (Fsp3) is 0.143. The van der Waals surface area contributed by atoms with Crippen LogP contribution in [0.2, 0.25) is 10.0 Å². The summed E-state index contributed by atoms with van der Waals surface area (Å²) in [6.45, 7) is 0.109. The van der Waals surface area contributed by atoms with Crippen LogP contribution in [0.3, 0.4) is 0 Å². The van der Waals surface area contributed by atoms with Gasteiger partial charge in [-0.3, -0.25) is 10.1 Å². The lowest BCUT2D eigenvalue weighted by Gasteiger charge is -2.09. The van der Waals surface area contributed by atoms with Crippen molar-refractivity contribution in [2.45, 2.75) is 6.61 Å². The lowest BCUT2D eigenvalue weighted by atomic mass is 10.2. The first-order valence-electron chi connectivity index (χ1n) is 5.90. The summed E-state index contributed by atoms with van der Waals surface area (Å²) in [6, 6.07) is 9.27. The number of rotatable bonds is 5. The second kappa shape index (κ2) is 6.65. The Bertz CT molecular complexity index is 676. The van der Waals surface area contributed by atoms with E-state index in [2.05, 4.69) is 0 Å². The number of non-ortho nitro benzene ring substituents is 1. The van der Waals surface area contributed by atoms with Crippen LogP contribution in [0.25, 0.3) is 0 Å². The SMILES string of the molecule is COc1cc(COc2cc(Cl)ccc2Cl)cc([N+](=O)[O-])c1. The Morgan fingerprint density at radius 1 is 1.19 bits per heavy atom. The van der Waals surface area contributed by atoms with Crippen LogP contribution < -0.4 is 9.47 Å². The zero-order valence-corrected chi connectivity index (χ0v) is 12.5. The number of nitrogens with zero attached hydrogens (tertiary/aromatic N) is 1. The Labute approximate surface area is 131 Å². The third-order valence-electron chi connectivity index (χ3n) is 2.69. The van der Waals surface area contributed by atoms with Crippen LogP contribution in [-0.4, -0.2) is 12.0 Å². The van der Waals surface area contributed by atoms with E-state index in [0.717, 1.165) is 0 Å². The van der Waals surface area contributed by atoms with Crippen LogP contribution >= 0.6 is 23.2 Å². The van der Waals surface area contributed by atoms with Gasteiger partial charge in [-0.15, -0.1) is 0 Å². The molecule has 0 bridgehead atoms. The standard InChI is InChI=1S/C14H11Cl2NO4/c1-20-12-5-9(4-11(7-12)17(18)19)8-21-14-6-10(15)2-3-13(14)16/h2-7H,8H2,1H3. The average molecular weight is 328 g/mol. The van der Waals surface area contributed by atoms with Crippen molar-refractivity contribution in [2.75, 3.05) is 7.11 Å². The molecule has 2 aromatic carbocycles. The van der Waals surface area contributed by atoms with Gasteiger partial charge in [-0.05, 0) is 23.8 Å². The van der Waals surface area contributed by atoms with E-state index in [1.807, 2.05) is 0 Å². The van der Waals surface area contributed by atoms with Crippen molar-refractivity contribution in [3.63, 3.8) is 0 Å². The van der Waals surface area contributed by atoms with E-state index in [-0.39, 0.29) is 12.3 Å². The Hall–Kier alpha value is -1.98. The Morgan fingerprint density at radius 3 is 2.62 bits per heavy atom. The van der Waals surface area contributed by atoms with Gasteiger partial charge in [0, 0.05) is 17.2 Å². The molecule has 5 nitrogen and oxygen atoms in total. The van der Waals surface area contributed by atoms with Crippen LogP contribution in [0, 0.1) is 10.1 Å². The molecule has 0 amide bonds. The van der Waals surface area contributed by atoms with Gasteiger partial charge < -0.3 is 9.47 Å². The number of nitro groups is 1. The van der Waals surface area contributed by atoms with E-state index in [1.54, 1.807) is 24.3 Å². The van der Waals surface area contributed by atoms with Crippen molar-refractivity contribution in [1.29, 1.82) is 0 Å². The molecule has 0 aliphatic rings. The highest BCUT2D eigenvalue weighted by Gasteiger charge is 2.11. The molecule has 0 unspecified atom stereocenters. The van der Waals surface area contributed by atoms with Gasteiger partial charge in [0.05, 0.1) is 23.1 Å². The highest BCUT2D eigenvalue weighted by molar-refractivity contribution is 6.34. The van der Waals surface area contributed by atoms with Gasteiger partial charge in [-0.25, -0.2) is 0 Å². The molecule has 0 aliphatic carbocycles. The first-order valence-corrected chi connectivity index (χ1v) is 6.65. The van der Waals surface area contributed by atoms with E-state index >= 15 is 0 Å². The zero-order chi connectivity index (χ0) is 15.4. The number of ether oxygens (including phenoxy) is 2. The van der Waals surface area contributed by atoms with Crippen molar-refractivity contribution < 1.29 is 14.4 Å². The van der Waals surface area contributed by atoms with Gasteiger partial charge in [0.25, 0.3) is 5.69 Å². The second-order valence-electron chi connectivity index (χ2n) is 4.16. The lowest BCUT2D eigenvalue weighted by molar-refractivity contribution is -0.385. The second-order valence-corrected chi connectivity index (χ2v) is 5.00. The minimum atomic E-state index is -0.488. The number of nitro benzene ring substituents is 1. The summed E-state index contributed by atoms with van der Waals surface area (Å²) in [5.41, 5.74) is 0.530. The highest BCUT2D eigenvalue weighted by atomic mass is 35.5. The molecule has 0 heterocycles. The highest BCUT2D eigenvalue weighted by Crippen LogP contribution is 2.29. The predicted molar refractivity (Wildman–Crippen MR) is 80.4 cm³/mol. The number of benzene rings is 2. The first-order chi connectivity index (χ1) is 9.99. The van der Waals surface area contributed by atoms with Gasteiger partial charge in [0.2, 0.25) is 0 Å². The molecule has 0 fully saturated rings. The lowest BCUT2D eigenvalue weighted by Crippen LogP contribution is -1.99. The molecule has 0 spiro atoms. The summed E-state index contributed by atoms with van der Waals surface area (Å²) in [5, 5.41) is 11.8. The molecule has 0 aliphatic heterocycles. The van der Waals surface area contributed by atoms with Gasteiger partial charge in [-0.2, -0.15) is 0 Å². The van der Waals surface area contributed by atoms with E-state index in [4.69, 9.17) is 32.7 Å². The third-order valence-corrected chi connectivity index (χ3v) is 3.23. The normalized spacial score (nSPS) is 10.2. The van der Waals surface area contributed by atoms with Crippen LogP contribution in [0.15, 0.2) is 36.4 Å². The number of methoxy groups -OCH3 is 1. The van der Waals surface area contributed by atoms with Crippen molar-refractivity contribution >= 4 is 28.9 Å². The van der Waals surface area contributed by atoms with Crippen molar-refractivity contribution in [3.05, 3.63) is 62.1 Å². The number of hydrogen-bond acceptors (Lipinski definition) is 4. The largest absolute Gasteiger partial charge is 0.496 e. The van der Waals surface area contributed by atoms with E-state index in [1.165, 1.54) is 19.2 Å². The molecule has 0 atom stereocenters. The summed E-state index contributed by atoms with van der Waals surface area (Å²) in [4.78, 5) is 10.4. The van der Waals surface area contributed by atoms with Gasteiger partial charge in [0.15, 0.2) is 0 Å². The van der Waals surface area contributed by atoms with Gasteiger partial charge in [-0.1, -0.05) is 23.2 Å². The zero-order valence-electron chi connectivity index (χ0n) is 11.0. The smallest absolute Gasteiger partial charge is 0.273 e. The molecule has 7 heteroatoms. The molecule has 0 aromatic heterocycles. The molecule has 2 rings (SSSR count). The molecular formula is C14H11Cl2NO4. The summed E-state index contributed by atoms with van der Waals surface area (Å²) in [5.74, 6) is 0.801. The van der Waals surface area contributed by atoms with Crippen LogP contribution in [-0.2, 0) is 6.61 Å². The van der Waals surface area contributed by atoms with Crippen molar-refractivity contribution in [2.24, 2.45) is 0 Å². The predicted octanol–water partition coefficient (Wildman–Crippen LogP) is 4.49. The molecule has 0 radical (unpaired) electrons. The first kappa shape index (κ1) is 15.4. The fourth-order valence-corrected chi connectivity index (χ4v) is 2.03. The van der Waals surface area contributed by atoms with E-state index < -0.39 is 4.92 Å². The fourth-order valence-electron chi connectivity index (χ4n) is 1.70. The Kier molecular flexibility index (Phi) is 4.88. The summed E-state index contributed by atoms with van der Waals surface area (Å²) in [7, 11) is 1.44. The van der Waals surface area contributed by atoms with Gasteiger partial charge in [0.1, 0.15) is 18.1 Å². The number of hydrogen-bond donors (Lipinski definition) is 0. The molecule has 21 heavy (non-hydrogen) atoms. The molecule has 0 saturated heterocycles. The molecule has 2 aromatic rings. The minimum absolute atomic E-state index is 0.0647. The van der Waals surface area contributed by atoms with Gasteiger partial charge >= 0.3 is 0 Å². The summed E-state index contributed by atoms with van der Waals surface area (Å²) < 4.78 is 10.6. The molecule has 0 N–H and O–H groups in total. The van der Waals surface area contributed by atoms with E-state index in [0.29, 0.717) is 27.1 Å². The molecule has 110 valence electrons. The van der Waals surface area contributed by atoms with Crippen LogP contribution in [0.4, 0.5) is 5.69 Å². The van der Waals surface area contributed by atoms with E-state index in [9.17, 15) is 10.1 Å². The molecule has 0 saturated carbocycles. The number of halogens is 2. The monoisotopic (exact) mass is 327 g/mol. The minimum Gasteiger partial charge on any atom is -0.496 e. The quantitative estimate of drug-likeness (QED) is 0.599. The average Bonchev–Trinajstić information content (AvgIpc) is 2.47. The van der Waals surface area contributed by atoms with Crippen molar-refractivity contribution in [3.8, 4) is 11.5 Å². The summed E-state index contributed by atoms with van der Waals surface area (Å²) >= 11 is 11.9.